The number of nitrogens with one attached hydrogen (secondary N) is 1. The number of carbonyl (C=O) groups excluding carboxylic acids is 1. The van der Waals surface area contributed by atoms with Crippen molar-refractivity contribution in [3.8, 4) is 22.6 Å². The zero-order valence-corrected chi connectivity index (χ0v) is 16.4. The Morgan fingerprint density at radius 3 is 2.80 bits per heavy atom. The summed E-state index contributed by atoms with van der Waals surface area (Å²) in [5.74, 6) is 0.737. The van der Waals surface area contributed by atoms with Crippen molar-refractivity contribution in [3.63, 3.8) is 0 Å². The molecule has 0 unspecified atom stereocenters. The number of carbonyl (C=O) groups is 1. The first-order valence-electron chi connectivity index (χ1n) is 10.0. The molecule has 1 aromatic heterocycles. The molecule has 2 aromatic carbocycles. The molecule has 1 atom stereocenters. The van der Waals surface area contributed by atoms with Crippen LogP contribution in [0, 0.1) is 5.82 Å². The maximum atomic E-state index is 14.1. The van der Waals surface area contributed by atoms with E-state index in [4.69, 9.17) is 20.9 Å². The van der Waals surface area contributed by atoms with Gasteiger partial charge in [-0.15, -0.1) is 0 Å². The Labute approximate surface area is 172 Å². The SMILES string of the molecule is NCCC[C@H](N)CN1Cc2cc3c(cc2-c2c([nH]c4ccc(F)cc24)C1=O)OCO3. The van der Waals surface area contributed by atoms with Gasteiger partial charge in [0.05, 0.1) is 0 Å². The Morgan fingerprint density at radius 2 is 2.00 bits per heavy atom. The Hall–Kier alpha value is -3.10. The molecule has 5 rings (SSSR count). The van der Waals surface area contributed by atoms with Gasteiger partial charge in [0.15, 0.2) is 11.5 Å². The molecule has 0 saturated carbocycles. The van der Waals surface area contributed by atoms with E-state index in [1.54, 1.807) is 11.0 Å². The summed E-state index contributed by atoms with van der Waals surface area (Å²) in [4.78, 5) is 18.4. The molecule has 156 valence electrons. The van der Waals surface area contributed by atoms with E-state index in [2.05, 4.69) is 4.98 Å². The maximum absolute atomic E-state index is 14.1. The summed E-state index contributed by atoms with van der Waals surface area (Å²) in [7, 11) is 0. The van der Waals surface area contributed by atoms with Crippen LogP contribution in [0.2, 0.25) is 0 Å². The average molecular weight is 410 g/mol. The van der Waals surface area contributed by atoms with E-state index in [9.17, 15) is 9.18 Å². The number of benzene rings is 2. The molecule has 3 aromatic rings. The predicted octanol–water partition coefficient (Wildman–Crippen LogP) is 2.72. The van der Waals surface area contributed by atoms with E-state index in [0.717, 1.165) is 24.0 Å². The van der Waals surface area contributed by atoms with E-state index < -0.39 is 0 Å². The third-order valence-corrected chi connectivity index (χ3v) is 5.72. The molecule has 2 aliphatic heterocycles. The number of halogens is 1. The highest BCUT2D eigenvalue weighted by atomic mass is 19.1. The summed E-state index contributed by atoms with van der Waals surface area (Å²) < 4.78 is 25.2. The molecule has 0 aliphatic carbocycles. The molecule has 8 heteroatoms. The number of aromatic nitrogens is 1. The zero-order chi connectivity index (χ0) is 20.8. The molecular weight excluding hydrogens is 387 g/mol. The molecule has 0 saturated heterocycles. The fourth-order valence-electron chi connectivity index (χ4n) is 4.29. The monoisotopic (exact) mass is 410 g/mol. The fraction of sp³-hybridized carbons (Fsp3) is 0.318. The molecule has 30 heavy (non-hydrogen) atoms. The Kier molecular flexibility index (Phi) is 4.60. The van der Waals surface area contributed by atoms with E-state index in [1.165, 1.54) is 12.1 Å². The van der Waals surface area contributed by atoms with Crippen molar-refractivity contribution in [3.05, 3.63) is 47.4 Å². The summed E-state index contributed by atoms with van der Waals surface area (Å²) in [6.07, 6.45) is 1.54. The number of nitrogens with two attached hydrogens (primary N) is 2. The minimum absolute atomic E-state index is 0.153. The molecule has 0 fully saturated rings. The lowest BCUT2D eigenvalue weighted by atomic mass is 9.97. The van der Waals surface area contributed by atoms with Crippen LogP contribution in [0.15, 0.2) is 30.3 Å². The van der Waals surface area contributed by atoms with E-state index in [-0.39, 0.29) is 24.6 Å². The molecule has 0 bridgehead atoms. The molecule has 7 nitrogen and oxygen atoms in total. The number of hydrogen-bond donors (Lipinski definition) is 3. The van der Waals surface area contributed by atoms with Crippen molar-refractivity contribution >= 4 is 16.8 Å². The van der Waals surface area contributed by atoms with Crippen LogP contribution in [0.25, 0.3) is 22.0 Å². The van der Waals surface area contributed by atoms with Gasteiger partial charge in [-0.3, -0.25) is 4.79 Å². The number of rotatable bonds is 5. The first-order chi connectivity index (χ1) is 14.5. The lowest BCUT2D eigenvalue weighted by molar-refractivity contribution is 0.0729. The van der Waals surface area contributed by atoms with E-state index in [1.807, 2.05) is 12.1 Å². The second-order valence-electron chi connectivity index (χ2n) is 7.80. The number of fused-ring (bicyclic) bond motifs is 6. The Morgan fingerprint density at radius 1 is 1.20 bits per heavy atom. The third kappa shape index (κ3) is 3.09. The molecule has 1 amide bonds. The van der Waals surface area contributed by atoms with E-state index >= 15 is 0 Å². The number of nitrogens with zero attached hydrogens (tertiary/aromatic N) is 1. The second kappa shape index (κ2) is 7.30. The molecule has 3 heterocycles. The topological polar surface area (TPSA) is 107 Å². The summed E-state index contributed by atoms with van der Waals surface area (Å²) in [5, 5.41) is 0.660. The lowest BCUT2D eigenvalue weighted by Crippen LogP contribution is -2.40. The van der Waals surface area contributed by atoms with Crippen molar-refractivity contribution in [2.24, 2.45) is 11.5 Å². The van der Waals surface area contributed by atoms with Crippen molar-refractivity contribution in [1.29, 1.82) is 0 Å². The van der Waals surface area contributed by atoms with Gasteiger partial charge in [0, 0.05) is 35.6 Å². The van der Waals surface area contributed by atoms with Gasteiger partial charge in [-0.05, 0) is 60.8 Å². The first kappa shape index (κ1) is 18.9. The standard InChI is InChI=1S/C22H23FN4O3/c23-13-3-4-17-16(7-13)20-15-8-19-18(29-11-30-19)6-12(15)9-27(22(28)21(20)26-17)10-14(25)2-1-5-24/h3-4,6-8,14,26H,1-2,5,9-11,24-25H2/t14-/m0/s1. The number of hydrogen-bond acceptors (Lipinski definition) is 5. The second-order valence-corrected chi connectivity index (χ2v) is 7.80. The van der Waals surface area contributed by atoms with Crippen LogP contribution < -0.4 is 20.9 Å². The summed E-state index contributed by atoms with van der Waals surface area (Å²) in [6, 6.07) is 8.07. The van der Waals surface area contributed by atoms with Gasteiger partial charge in [-0.2, -0.15) is 0 Å². The predicted molar refractivity (Wildman–Crippen MR) is 111 cm³/mol. The number of H-pyrrole nitrogens is 1. The van der Waals surface area contributed by atoms with Crippen LogP contribution >= 0.6 is 0 Å². The van der Waals surface area contributed by atoms with Crippen molar-refractivity contribution in [1.82, 2.24) is 9.88 Å². The molecular formula is C22H23FN4O3. The van der Waals surface area contributed by atoms with Crippen LogP contribution in [0.1, 0.15) is 28.9 Å². The third-order valence-electron chi connectivity index (χ3n) is 5.72. The summed E-state index contributed by atoms with van der Waals surface area (Å²) >= 11 is 0. The normalized spacial score (nSPS) is 15.8. The van der Waals surface area contributed by atoms with Crippen LogP contribution in [0.4, 0.5) is 4.39 Å². The van der Waals surface area contributed by atoms with Gasteiger partial charge in [0.25, 0.3) is 5.91 Å². The average Bonchev–Trinajstić information content (AvgIpc) is 3.31. The quantitative estimate of drug-likeness (QED) is 0.600. The largest absolute Gasteiger partial charge is 0.454 e. The summed E-state index contributed by atoms with van der Waals surface area (Å²) in [5.41, 5.74) is 15.4. The van der Waals surface area contributed by atoms with Gasteiger partial charge in [-0.1, -0.05) is 0 Å². The zero-order valence-electron chi connectivity index (χ0n) is 16.4. The summed E-state index contributed by atoms with van der Waals surface area (Å²) in [6.45, 7) is 1.49. The van der Waals surface area contributed by atoms with Crippen LogP contribution in [-0.4, -0.2) is 41.7 Å². The van der Waals surface area contributed by atoms with Gasteiger partial charge in [0.1, 0.15) is 11.5 Å². The van der Waals surface area contributed by atoms with Crippen molar-refractivity contribution in [2.75, 3.05) is 19.9 Å². The van der Waals surface area contributed by atoms with Gasteiger partial charge < -0.3 is 30.8 Å². The smallest absolute Gasteiger partial charge is 0.271 e. The highest BCUT2D eigenvalue weighted by Crippen LogP contribution is 2.44. The first-order valence-corrected chi connectivity index (χ1v) is 10.0. The van der Waals surface area contributed by atoms with Gasteiger partial charge in [-0.25, -0.2) is 4.39 Å². The molecule has 0 spiro atoms. The molecule has 2 aliphatic rings. The Balaban J connectivity index is 1.67. The Bertz CT molecular complexity index is 1140. The number of aromatic amines is 1. The molecule has 0 radical (unpaired) electrons. The van der Waals surface area contributed by atoms with Gasteiger partial charge >= 0.3 is 0 Å². The van der Waals surface area contributed by atoms with Crippen molar-refractivity contribution in [2.45, 2.75) is 25.4 Å². The van der Waals surface area contributed by atoms with Gasteiger partial charge in [0.2, 0.25) is 6.79 Å². The highest BCUT2D eigenvalue weighted by Gasteiger charge is 2.32. The van der Waals surface area contributed by atoms with Crippen molar-refractivity contribution < 1.29 is 18.7 Å². The van der Waals surface area contributed by atoms with Crippen LogP contribution in [0.3, 0.4) is 0 Å². The minimum Gasteiger partial charge on any atom is -0.454 e. The lowest BCUT2D eigenvalue weighted by Gasteiger charge is -2.25. The molecule has 5 N–H and O–H groups in total. The fourth-order valence-corrected chi connectivity index (χ4v) is 4.29. The van der Waals surface area contributed by atoms with E-state index in [0.29, 0.717) is 53.3 Å². The highest BCUT2D eigenvalue weighted by molar-refractivity contribution is 6.11. The minimum atomic E-state index is -0.357. The van der Waals surface area contributed by atoms with Crippen LogP contribution in [0.5, 0.6) is 11.5 Å². The number of ether oxygens (including phenoxy) is 2. The maximum Gasteiger partial charge on any atom is 0.271 e. The number of amides is 1. The van der Waals surface area contributed by atoms with Crippen LogP contribution in [-0.2, 0) is 6.54 Å².